The van der Waals surface area contributed by atoms with E-state index in [2.05, 4.69) is 23.4 Å². The predicted octanol–water partition coefficient (Wildman–Crippen LogP) is 9.80. The second-order valence-corrected chi connectivity index (χ2v) is 5.23. The molecule has 0 saturated heterocycles. The summed E-state index contributed by atoms with van der Waals surface area (Å²) in [6, 6.07) is 10.0. The van der Waals surface area contributed by atoms with Gasteiger partial charge in [-0.05, 0) is 26.0 Å². The van der Waals surface area contributed by atoms with Crippen molar-refractivity contribution in [2.45, 2.75) is 69.2 Å². The molecule has 0 fully saturated rings. The Morgan fingerprint density at radius 1 is 0.788 bits per heavy atom. The highest BCUT2D eigenvalue weighted by Gasteiger charge is 2.17. The van der Waals surface area contributed by atoms with Crippen molar-refractivity contribution >= 4 is 11.3 Å². The van der Waals surface area contributed by atoms with Gasteiger partial charge < -0.3 is 0 Å². The summed E-state index contributed by atoms with van der Waals surface area (Å²) in [6.45, 7) is 27.7. The molecule has 0 aliphatic carbocycles. The molecule has 1 heterocycles. The summed E-state index contributed by atoms with van der Waals surface area (Å²) in [5.41, 5.74) is 2.82. The molecule has 0 spiro atoms. The van der Waals surface area contributed by atoms with Crippen LogP contribution >= 0.6 is 0 Å². The Kier molecular flexibility index (Phi) is 26.1. The molecule has 0 unspecified atom stereocenters. The second kappa shape index (κ2) is 25.1. The third-order valence-electron chi connectivity index (χ3n) is 3.52. The topological polar surface area (TPSA) is 30.7 Å². The monoisotopic (exact) mass is 449 g/mol. The van der Waals surface area contributed by atoms with E-state index in [9.17, 15) is 0 Å². The minimum Gasteiger partial charge on any atom is -0.275 e. The van der Waals surface area contributed by atoms with Gasteiger partial charge >= 0.3 is 0 Å². The first-order chi connectivity index (χ1) is 16.3. The van der Waals surface area contributed by atoms with Crippen molar-refractivity contribution < 1.29 is 0 Å². The average molecular weight is 450 g/mol. The highest BCUT2D eigenvalue weighted by Crippen LogP contribution is 2.27. The van der Waals surface area contributed by atoms with Crippen LogP contribution < -0.4 is 0 Å². The summed E-state index contributed by atoms with van der Waals surface area (Å²) < 4.78 is 2.01. The maximum absolute atomic E-state index is 4.44. The molecule has 3 nitrogen and oxygen atoms in total. The van der Waals surface area contributed by atoms with Crippen LogP contribution in [0.3, 0.4) is 0 Å². The zero-order valence-electron chi connectivity index (χ0n) is 22.8. The molecule has 0 N–H and O–H groups in total. The van der Waals surface area contributed by atoms with E-state index in [4.69, 9.17) is 0 Å². The van der Waals surface area contributed by atoms with Gasteiger partial charge in [0.2, 0.25) is 0 Å². The largest absolute Gasteiger partial charge is 0.275 e. The van der Waals surface area contributed by atoms with Crippen LogP contribution in [0.5, 0.6) is 0 Å². The van der Waals surface area contributed by atoms with Gasteiger partial charge in [-0.25, -0.2) is 0 Å². The fraction of sp³-hybridized carbons (Fsp3) is 0.333. The first-order valence-electron chi connectivity index (χ1n) is 12.2. The van der Waals surface area contributed by atoms with Crippen LogP contribution in [0.15, 0.2) is 92.1 Å². The van der Waals surface area contributed by atoms with Gasteiger partial charge in [-0.1, -0.05) is 135 Å². The summed E-state index contributed by atoms with van der Waals surface area (Å²) in [7, 11) is 0. The van der Waals surface area contributed by atoms with Gasteiger partial charge in [0.1, 0.15) is 0 Å². The van der Waals surface area contributed by atoms with Gasteiger partial charge in [0.15, 0.2) is 11.6 Å². The Morgan fingerprint density at radius 2 is 1.36 bits per heavy atom. The van der Waals surface area contributed by atoms with E-state index in [1.807, 2.05) is 141 Å². The third kappa shape index (κ3) is 11.8. The van der Waals surface area contributed by atoms with E-state index < -0.39 is 0 Å². The van der Waals surface area contributed by atoms with Gasteiger partial charge in [0.05, 0.1) is 0 Å². The Morgan fingerprint density at radius 3 is 1.82 bits per heavy atom. The number of aromatic nitrogens is 3. The molecule has 3 heteroatoms. The Balaban J connectivity index is -0.00000101. The lowest BCUT2D eigenvalue weighted by atomic mass is 10.1. The van der Waals surface area contributed by atoms with Gasteiger partial charge in [0, 0.05) is 16.8 Å². The van der Waals surface area contributed by atoms with Gasteiger partial charge in [0.25, 0.3) is 0 Å². The lowest BCUT2D eigenvalue weighted by Crippen LogP contribution is -2.03. The third-order valence-corrected chi connectivity index (χ3v) is 3.52. The van der Waals surface area contributed by atoms with E-state index in [0.29, 0.717) is 0 Å². The van der Waals surface area contributed by atoms with Crippen molar-refractivity contribution in [1.82, 2.24) is 14.8 Å². The van der Waals surface area contributed by atoms with Gasteiger partial charge in [-0.3, -0.25) is 4.57 Å². The van der Waals surface area contributed by atoms with Crippen LogP contribution in [-0.4, -0.2) is 14.8 Å². The van der Waals surface area contributed by atoms with E-state index in [0.717, 1.165) is 28.5 Å². The maximum Gasteiger partial charge on any atom is 0.168 e. The molecule has 2 rings (SSSR count). The molecule has 1 aromatic heterocycles. The number of rotatable bonds is 7. The molecule has 0 bridgehead atoms. The zero-order chi connectivity index (χ0) is 26.1. The molecule has 0 amide bonds. The quantitative estimate of drug-likeness (QED) is 0.394. The molecule has 0 saturated carbocycles. The van der Waals surface area contributed by atoms with E-state index in [-0.39, 0.29) is 0 Å². The first-order valence-corrected chi connectivity index (χ1v) is 12.2. The van der Waals surface area contributed by atoms with Crippen LogP contribution in [0.4, 0.5) is 0 Å². The van der Waals surface area contributed by atoms with Crippen molar-refractivity contribution in [2.24, 2.45) is 0 Å². The highest BCUT2D eigenvalue weighted by atomic mass is 15.3. The summed E-state index contributed by atoms with van der Waals surface area (Å²) in [5.74, 6) is 1.51. The Bertz CT molecular complexity index is 848. The van der Waals surface area contributed by atoms with Crippen LogP contribution in [0.2, 0.25) is 0 Å². The number of hydrogen-bond acceptors (Lipinski definition) is 2. The van der Waals surface area contributed by atoms with Crippen LogP contribution in [0, 0.1) is 0 Å². The summed E-state index contributed by atoms with van der Waals surface area (Å²) in [6.07, 6.45) is 15.4. The SMILES string of the molecule is C=C/C=C(\C=C/C)c1nnc(-c2ccccc2)n1/C(C=C)=C/C=C\C.CC.CC.CC.CC. The van der Waals surface area contributed by atoms with Gasteiger partial charge in [-0.2, -0.15) is 0 Å². The maximum atomic E-state index is 4.44. The minimum atomic E-state index is 0.743. The average Bonchev–Trinajstić information content (AvgIpc) is 3.34. The molecule has 0 aliphatic heterocycles. The number of allylic oxidation sites excluding steroid dienone is 10. The summed E-state index contributed by atoms with van der Waals surface area (Å²) in [4.78, 5) is 0. The molecular weight excluding hydrogens is 402 g/mol. The molecular formula is C30H47N3. The lowest BCUT2D eigenvalue weighted by molar-refractivity contribution is 1.05. The van der Waals surface area contributed by atoms with E-state index in [1.165, 1.54) is 0 Å². The zero-order valence-corrected chi connectivity index (χ0v) is 22.8. The van der Waals surface area contributed by atoms with E-state index in [1.54, 1.807) is 12.2 Å². The van der Waals surface area contributed by atoms with Crippen molar-refractivity contribution in [3.63, 3.8) is 0 Å². The molecule has 1 aromatic carbocycles. The minimum absolute atomic E-state index is 0.743. The second-order valence-electron chi connectivity index (χ2n) is 5.23. The Labute approximate surface area is 204 Å². The van der Waals surface area contributed by atoms with Crippen molar-refractivity contribution in [3.8, 4) is 11.4 Å². The Hall–Kier alpha value is -3.20. The lowest BCUT2D eigenvalue weighted by Gasteiger charge is -2.12. The fourth-order valence-electron chi connectivity index (χ4n) is 2.43. The molecule has 0 aliphatic rings. The fourth-order valence-corrected chi connectivity index (χ4v) is 2.43. The van der Waals surface area contributed by atoms with Crippen LogP contribution in [-0.2, 0) is 0 Å². The van der Waals surface area contributed by atoms with Gasteiger partial charge in [-0.15, -0.1) is 10.2 Å². The molecule has 0 radical (unpaired) electrons. The van der Waals surface area contributed by atoms with Crippen LogP contribution in [0.25, 0.3) is 22.7 Å². The standard InChI is InChI=1S/C22H23N3.4C2H6/c1-5-9-17-20(8-4)25-21(18(13-6-2)14-7-3)23-24-22(25)19-15-11-10-12-16-19;4*1-2/h5-17H,2,4H2,1,3H3;4*1-2H3/b9-5-,14-7-,18-13+,20-17+;;;;. The molecule has 182 valence electrons. The summed E-state index contributed by atoms with van der Waals surface area (Å²) in [5, 5.41) is 8.88. The first kappa shape index (κ1) is 34.4. The number of nitrogens with zero attached hydrogens (tertiary/aromatic N) is 3. The van der Waals surface area contributed by atoms with Crippen molar-refractivity contribution in [2.75, 3.05) is 0 Å². The summed E-state index contributed by atoms with van der Waals surface area (Å²) >= 11 is 0. The smallest absolute Gasteiger partial charge is 0.168 e. The number of hydrogen-bond donors (Lipinski definition) is 0. The van der Waals surface area contributed by atoms with Crippen molar-refractivity contribution in [3.05, 3.63) is 97.9 Å². The molecule has 2 aromatic rings. The van der Waals surface area contributed by atoms with Crippen LogP contribution in [0.1, 0.15) is 75.1 Å². The highest BCUT2D eigenvalue weighted by molar-refractivity contribution is 5.78. The van der Waals surface area contributed by atoms with E-state index >= 15 is 0 Å². The number of benzene rings is 1. The predicted molar refractivity (Wildman–Crippen MR) is 153 cm³/mol. The molecule has 33 heavy (non-hydrogen) atoms. The molecule has 0 atom stereocenters. The van der Waals surface area contributed by atoms with Crippen molar-refractivity contribution in [1.29, 1.82) is 0 Å². The normalized spacial score (nSPS) is 10.5.